The Morgan fingerprint density at radius 3 is 2.83 bits per heavy atom. The average molecular weight is 263 g/mol. The molecule has 1 rings (SSSR count). The minimum atomic E-state index is -4.20. The third-order valence-electron chi connectivity index (χ3n) is 1.98. The van der Waals surface area contributed by atoms with E-state index in [1.807, 2.05) is 0 Å². The van der Waals surface area contributed by atoms with Gasteiger partial charge in [0.05, 0.1) is 6.61 Å². The average Bonchev–Trinajstić information content (AvgIpc) is 2.33. The predicted molar refractivity (Wildman–Crippen MR) is 57.5 cm³/mol. The van der Waals surface area contributed by atoms with Gasteiger partial charge in [0, 0.05) is 12.6 Å². The van der Waals surface area contributed by atoms with Crippen molar-refractivity contribution in [2.75, 3.05) is 6.61 Å². The molecular formula is C10H12F3N3O2. The first kappa shape index (κ1) is 14.1. The standard InChI is InChI=1S/C10H12F3N3O2/c11-10(12,13)4-2-6-18-7-3-1-5-15-8(7)9(14)16-17/h1,3,5,17H,2,4,6H2,(H2,14,16). The maximum atomic E-state index is 11.9. The van der Waals surface area contributed by atoms with E-state index in [1.54, 1.807) is 0 Å². The van der Waals surface area contributed by atoms with E-state index >= 15 is 0 Å². The molecule has 0 bridgehead atoms. The van der Waals surface area contributed by atoms with E-state index in [-0.39, 0.29) is 30.3 Å². The van der Waals surface area contributed by atoms with Crippen LogP contribution in [0, 0.1) is 0 Å². The molecule has 18 heavy (non-hydrogen) atoms. The quantitative estimate of drug-likeness (QED) is 0.279. The Morgan fingerprint density at radius 2 is 2.22 bits per heavy atom. The van der Waals surface area contributed by atoms with E-state index in [0.29, 0.717) is 0 Å². The van der Waals surface area contributed by atoms with Crippen molar-refractivity contribution in [1.29, 1.82) is 0 Å². The molecule has 0 unspecified atom stereocenters. The molecule has 0 aliphatic carbocycles. The van der Waals surface area contributed by atoms with Crippen LogP contribution in [0.1, 0.15) is 18.5 Å². The molecule has 0 aliphatic heterocycles. The molecule has 0 spiro atoms. The van der Waals surface area contributed by atoms with E-state index in [2.05, 4.69) is 10.1 Å². The van der Waals surface area contributed by atoms with Gasteiger partial charge in [0.1, 0.15) is 5.75 Å². The van der Waals surface area contributed by atoms with Crippen LogP contribution < -0.4 is 10.5 Å². The van der Waals surface area contributed by atoms with Crippen molar-refractivity contribution in [2.24, 2.45) is 10.9 Å². The highest BCUT2D eigenvalue weighted by Gasteiger charge is 2.26. The maximum Gasteiger partial charge on any atom is 0.389 e. The third kappa shape index (κ3) is 4.48. The number of hydrogen-bond donors (Lipinski definition) is 2. The Hall–Kier alpha value is -1.99. The molecule has 0 saturated carbocycles. The van der Waals surface area contributed by atoms with Crippen LogP contribution in [0.25, 0.3) is 0 Å². The van der Waals surface area contributed by atoms with Gasteiger partial charge in [-0.3, -0.25) is 0 Å². The van der Waals surface area contributed by atoms with Gasteiger partial charge >= 0.3 is 6.18 Å². The number of rotatable bonds is 5. The Morgan fingerprint density at radius 1 is 1.50 bits per heavy atom. The molecule has 1 aromatic heterocycles. The summed E-state index contributed by atoms with van der Waals surface area (Å²) in [6.07, 6.45) is -3.90. The summed E-state index contributed by atoms with van der Waals surface area (Å²) < 4.78 is 40.8. The molecular weight excluding hydrogens is 251 g/mol. The molecule has 0 fully saturated rings. The topological polar surface area (TPSA) is 80.7 Å². The number of halogens is 3. The normalized spacial score (nSPS) is 12.5. The zero-order chi connectivity index (χ0) is 13.6. The summed E-state index contributed by atoms with van der Waals surface area (Å²) in [7, 11) is 0. The summed E-state index contributed by atoms with van der Waals surface area (Å²) in [5.41, 5.74) is 5.44. The second-order valence-electron chi connectivity index (χ2n) is 3.40. The lowest BCUT2D eigenvalue weighted by molar-refractivity contribution is -0.136. The monoisotopic (exact) mass is 263 g/mol. The largest absolute Gasteiger partial charge is 0.491 e. The highest BCUT2D eigenvalue weighted by molar-refractivity contribution is 5.97. The number of pyridine rings is 1. The van der Waals surface area contributed by atoms with Crippen LogP contribution in [0.3, 0.4) is 0 Å². The molecule has 0 amide bonds. The molecule has 1 heterocycles. The molecule has 100 valence electrons. The van der Waals surface area contributed by atoms with E-state index < -0.39 is 12.6 Å². The van der Waals surface area contributed by atoms with E-state index in [0.717, 1.165) is 0 Å². The van der Waals surface area contributed by atoms with Crippen molar-refractivity contribution in [3.8, 4) is 5.75 Å². The Balaban J connectivity index is 2.57. The summed E-state index contributed by atoms with van der Waals surface area (Å²) in [5.74, 6) is -0.0867. The molecule has 0 saturated heterocycles. The van der Waals surface area contributed by atoms with Crippen LogP contribution in [-0.4, -0.2) is 28.8 Å². The summed E-state index contributed by atoms with van der Waals surface area (Å²) in [5, 5.41) is 11.3. The lowest BCUT2D eigenvalue weighted by Crippen LogP contribution is -2.17. The number of ether oxygens (including phenoxy) is 1. The fourth-order valence-electron chi connectivity index (χ4n) is 1.20. The fraction of sp³-hybridized carbons (Fsp3) is 0.400. The van der Waals surface area contributed by atoms with Crippen LogP contribution in [-0.2, 0) is 0 Å². The SMILES string of the molecule is N/C(=N/O)c1ncccc1OCCCC(F)(F)F. The van der Waals surface area contributed by atoms with Crippen molar-refractivity contribution in [1.82, 2.24) is 4.98 Å². The van der Waals surface area contributed by atoms with Gasteiger partial charge in [-0.15, -0.1) is 0 Å². The molecule has 5 nitrogen and oxygen atoms in total. The van der Waals surface area contributed by atoms with Gasteiger partial charge in [0.15, 0.2) is 11.5 Å². The molecule has 0 aromatic carbocycles. The van der Waals surface area contributed by atoms with Gasteiger partial charge < -0.3 is 15.7 Å². The zero-order valence-corrected chi connectivity index (χ0v) is 9.31. The van der Waals surface area contributed by atoms with E-state index in [4.69, 9.17) is 15.7 Å². The third-order valence-corrected chi connectivity index (χ3v) is 1.98. The summed E-state index contributed by atoms with van der Waals surface area (Å²) in [4.78, 5) is 3.81. The van der Waals surface area contributed by atoms with Gasteiger partial charge in [-0.05, 0) is 18.6 Å². The molecule has 0 radical (unpaired) electrons. The second kappa shape index (κ2) is 6.08. The Labute approximate surface area is 101 Å². The Bertz CT molecular complexity index is 421. The molecule has 1 aromatic rings. The van der Waals surface area contributed by atoms with Crippen molar-refractivity contribution in [3.63, 3.8) is 0 Å². The maximum absolute atomic E-state index is 11.9. The van der Waals surface area contributed by atoms with Gasteiger partial charge in [0.25, 0.3) is 0 Å². The first-order valence-corrected chi connectivity index (χ1v) is 5.06. The van der Waals surface area contributed by atoms with Crippen molar-refractivity contribution in [3.05, 3.63) is 24.0 Å². The number of nitrogens with zero attached hydrogens (tertiary/aromatic N) is 2. The number of aromatic nitrogens is 1. The van der Waals surface area contributed by atoms with Gasteiger partial charge in [-0.25, -0.2) is 4.98 Å². The lowest BCUT2D eigenvalue weighted by Gasteiger charge is -2.10. The van der Waals surface area contributed by atoms with E-state index in [1.165, 1.54) is 18.3 Å². The summed E-state index contributed by atoms with van der Waals surface area (Å²) >= 11 is 0. The number of hydrogen-bond acceptors (Lipinski definition) is 4. The molecule has 3 N–H and O–H groups in total. The van der Waals surface area contributed by atoms with Crippen molar-refractivity contribution < 1.29 is 23.1 Å². The molecule has 0 atom stereocenters. The van der Waals surface area contributed by atoms with Crippen LogP contribution >= 0.6 is 0 Å². The minimum Gasteiger partial charge on any atom is -0.491 e. The smallest absolute Gasteiger partial charge is 0.389 e. The van der Waals surface area contributed by atoms with E-state index in [9.17, 15) is 13.2 Å². The number of amidine groups is 1. The predicted octanol–water partition coefficient (Wildman–Crippen LogP) is 1.90. The fourth-order valence-corrected chi connectivity index (χ4v) is 1.20. The highest BCUT2D eigenvalue weighted by atomic mass is 19.4. The second-order valence-corrected chi connectivity index (χ2v) is 3.40. The van der Waals surface area contributed by atoms with Crippen LogP contribution in [0.15, 0.2) is 23.5 Å². The number of alkyl halides is 3. The summed E-state index contributed by atoms with van der Waals surface area (Å²) in [6.45, 7) is -0.128. The van der Waals surface area contributed by atoms with Crippen molar-refractivity contribution in [2.45, 2.75) is 19.0 Å². The number of oxime groups is 1. The van der Waals surface area contributed by atoms with Crippen LogP contribution in [0.4, 0.5) is 13.2 Å². The van der Waals surface area contributed by atoms with Crippen molar-refractivity contribution >= 4 is 5.84 Å². The highest BCUT2D eigenvalue weighted by Crippen LogP contribution is 2.22. The van der Waals surface area contributed by atoms with Gasteiger partial charge in [0.2, 0.25) is 0 Å². The van der Waals surface area contributed by atoms with Gasteiger partial charge in [-0.1, -0.05) is 5.16 Å². The van der Waals surface area contributed by atoms with Gasteiger partial charge in [-0.2, -0.15) is 13.2 Å². The zero-order valence-electron chi connectivity index (χ0n) is 9.31. The lowest BCUT2D eigenvalue weighted by atomic mass is 10.3. The Kier molecular flexibility index (Phi) is 4.75. The molecule has 0 aliphatic rings. The first-order valence-electron chi connectivity index (χ1n) is 5.06. The summed E-state index contributed by atoms with van der Waals surface area (Å²) in [6, 6.07) is 3.02. The first-order chi connectivity index (χ1) is 8.44. The van der Waals surface area contributed by atoms with Crippen LogP contribution in [0.2, 0.25) is 0 Å². The van der Waals surface area contributed by atoms with Crippen LogP contribution in [0.5, 0.6) is 5.75 Å². The molecule has 8 heteroatoms. The minimum absolute atomic E-state index is 0.0898. The number of nitrogens with two attached hydrogens (primary N) is 1.